The van der Waals surface area contributed by atoms with Crippen LogP contribution in [0, 0.1) is 0 Å². The number of carbonyl (C=O) groups excluding carboxylic acids is 3. The Bertz CT molecular complexity index is 1010. The van der Waals surface area contributed by atoms with Crippen LogP contribution in [0.2, 0.25) is 0 Å². The Morgan fingerprint density at radius 3 is 2.64 bits per heavy atom. The number of aryl methyl sites for hydroxylation is 1. The molecule has 1 fully saturated rings. The summed E-state index contributed by atoms with van der Waals surface area (Å²) in [6.07, 6.45) is -0.768. The van der Waals surface area contributed by atoms with Crippen LogP contribution in [0.25, 0.3) is 0 Å². The van der Waals surface area contributed by atoms with Crippen LogP contribution in [-0.2, 0) is 35.7 Å². The molecule has 1 saturated heterocycles. The van der Waals surface area contributed by atoms with Gasteiger partial charge in [-0.1, -0.05) is 5.16 Å². The Morgan fingerprint density at radius 1 is 1.42 bits per heavy atom. The van der Waals surface area contributed by atoms with Gasteiger partial charge in [-0.05, 0) is 0 Å². The largest absolute Gasteiger partial charge is 0.512 e. The van der Waals surface area contributed by atoms with Crippen molar-refractivity contribution in [3.05, 3.63) is 11.5 Å². The van der Waals surface area contributed by atoms with Gasteiger partial charge in [0.1, 0.15) is 25.3 Å². The van der Waals surface area contributed by atoms with Crippen molar-refractivity contribution in [1.29, 1.82) is 0 Å². The van der Waals surface area contributed by atoms with Crippen molar-refractivity contribution in [2.24, 2.45) is 12.2 Å². The Morgan fingerprint density at radius 2 is 2.12 bits per heavy atom. The highest BCUT2D eigenvalue weighted by Crippen LogP contribution is 2.46. The smallest absolute Gasteiger partial charge is 0.461 e. The number of aromatic nitrogens is 3. The Labute approximate surface area is 196 Å². The average Bonchev–Trinajstić information content (AvgIpc) is 3.02. The molecule has 1 aromatic rings. The molecule has 2 aliphatic heterocycles. The van der Waals surface area contributed by atoms with Crippen molar-refractivity contribution in [1.82, 2.24) is 19.7 Å². The molecule has 0 spiro atoms. The molecule has 33 heavy (non-hydrogen) atoms. The van der Waals surface area contributed by atoms with E-state index in [0.29, 0.717) is 0 Å². The summed E-state index contributed by atoms with van der Waals surface area (Å²) in [4.78, 5) is 58.7. The first-order valence-electron chi connectivity index (χ1n) is 8.95. The lowest BCUT2D eigenvalue weighted by Gasteiger charge is -2.47. The fourth-order valence-corrected chi connectivity index (χ4v) is 4.45. The molecule has 0 radical (unpaired) electrons. The van der Waals surface area contributed by atoms with Crippen LogP contribution >= 0.6 is 24.2 Å². The van der Waals surface area contributed by atoms with E-state index in [1.807, 2.05) is 0 Å². The molecule has 0 aliphatic carbocycles. The normalized spacial score (nSPS) is 19.4. The zero-order valence-electron chi connectivity index (χ0n) is 17.5. The third kappa shape index (κ3) is 5.28. The number of carbonyl (C=O) groups is 4. The Hall–Kier alpha value is -3.53. The molecule has 3 rings (SSSR count). The summed E-state index contributed by atoms with van der Waals surface area (Å²) in [5, 5.41) is 15.2. The highest BCUT2D eigenvalue weighted by atomic mass is 35.5. The third-order valence-corrected chi connectivity index (χ3v) is 5.78. The molecular weight excluding hydrogens is 486 g/mol. The summed E-state index contributed by atoms with van der Waals surface area (Å²) in [5.74, 6) is -2.30. The standard InChI is InChI=1S/C16H19N7O8S.ClH/c1-7(24)30-6-8-12(31-16(27)28)22-9(25)4-11(22)32-13(8)23(10(26)5-18-29-3)15-19-14(17)21(2)20-15;/h5,11,13H,4,6H2,1-3H3,(H,27,28)(H2,17,19,20);1H/t11-,13?;/m0./s1. The average molecular weight is 506 g/mol. The molecule has 3 N–H and O–H groups in total. The summed E-state index contributed by atoms with van der Waals surface area (Å²) in [5.41, 5.74) is 5.78. The number of nitrogens with two attached hydrogens (primary N) is 1. The minimum Gasteiger partial charge on any atom is -0.461 e. The maximum Gasteiger partial charge on any atom is 0.512 e. The number of anilines is 2. The molecule has 2 atom stereocenters. The summed E-state index contributed by atoms with van der Waals surface area (Å²) >= 11 is 1.11. The zero-order chi connectivity index (χ0) is 23.6. The second-order valence-electron chi connectivity index (χ2n) is 6.41. The van der Waals surface area contributed by atoms with Crippen molar-refractivity contribution < 1.29 is 38.6 Å². The number of oxime groups is 1. The van der Waals surface area contributed by atoms with E-state index in [9.17, 15) is 24.3 Å². The van der Waals surface area contributed by atoms with E-state index in [0.717, 1.165) is 34.7 Å². The maximum atomic E-state index is 13.0. The van der Waals surface area contributed by atoms with Gasteiger partial charge in [-0.2, -0.15) is 4.98 Å². The lowest BCUT2D eigenvalue weighted by Crippen LogP contribution is -2.58. The van der Waals surface area contributed by atoms with Crippen LogP contribution in [0.5, 0.6) is 0 Å². The molecule has 180 valence electrons. The minimum absolute atomic E-state index is 0. The number of rotatable bonds is 7. The van der Waals surface area contributed by atoms with E-state index in [1.165, 1.54) is 18.8 Å². The van der Waals surface area contributed by atoms with Crippen LogP contribution in [0.15, 0.2) is 16.6 Å². The van der Waals surface area contributed by atoms with Crippen LogP contribution in [0.1, 0.15) is 13.3 Å². The van der Waals surface area contributed by atoms with E-state index in [4.69, 9.17) is 15.2 Å². The number of amides is 2. The van der Waals surface area contributed by atoms with Crippen molar-refractivity contribution >= 4 is 66.2 Å². The van der Waals surface area contributed by atoms with E-state index >= 15 is 0 Å². The molecule has 0 bridgehead atoms. The molecule has 1 unspecified atom stereocenters. The Kier molecular flexibility index (Phi) is 8.10. The van der Waals surface area contributed by atoms with Crippen LogP contribution in [0.3, 0.4) is 0 Å². The number of hydrogen-bond acceptors (Lipinski definition) is 12. The van der Waals surface area contributed by atoms with Gasteiger partial charge in [0.15, 0.2) is 0 Å². The van der Waals surface area contributed by atoms with E-state index in [1.54, 1.807) is 0 Å². The van der Waals surface area contributed by atoms with E-state index in [-0.39, 0.29) is 42.2 Å². The fraction of sp³-hybridized carbons (Fsp3) is 0.438. The second-order valence-corrected chi connectivity index (χ2v) is 7.67. The molecule has 2 aliphatic rings. The molecule has 1 aromatic heterocycles. The molecule has 17 heteroatoms. The minimum atomic E-state index is -1.69. The molecule has 0 aromatic carbocycles. The number of nitrogens with zero attached hydrogens (tertiary/aromatic N) is 6. The highest BCUT2D eigenvalue weighted by Gasteiger charge is 2.51. The van der Waals surface area contributed by atoms with Crippen molar-refractivity contribution in [3.63, 3.8) is 0 Å². The predicted molar refractivity (Wildman–Crippen MR) is 115 cm³/mol. The van der Waals surface area contributed by atoms with Gasteiger partial charge in [-0.3, -0.25) is 24.2 Å². The van der Waals surface area contributed by atoms with Gasteiger partial charge in [0, 0.05) is 14.0 Å². The number of hydrogen-bond donors (Lipinski definition) is 2. The van der Waals surface area contributed by atoms with Crippen LogP contribution < -0.4 is 10.6 Å². The zero-order valence-corrected chi connectivity index (χ0v) is 19.2. The third-order valence-electron chi connectivity index (χ3n) is 4.34. The quantitative estimate of drug-likeness (QED) is 0.216. The first kappa shape index (κ1) is 25.7. The summed E-state index contributed by atoms with van der Waals surface area (Å²) in [6, 6.07) is 0. The van der Waals surface area contributed by atoms with Crippen LogP contribution in [-0.4, -0.2) is 79.4 Å². The second kappa shape index (κ2) is 10.4. The summed E-state index contributed by atoms with van der Waals surface area (Å²) < 4.78 is 11.2. The summed E-state index contributed by atoms with van der Waals surface area (Å²) in [7, 11) is 2.75. The molecule has 2 amide bonds. The van der Waals surface area contributed by atoms with Gasteiger partial charge >= 0.3 is 12.1 Å². The number of β-lactam (4-membered cyclic amide) rings is 1. The van der Waals surface area contributed by atoms with Crippen molar-refractivity contribution in [2.75, 3.05) is 24.4 Å². The topological polar surface area (TPSA) is 192 Å². The molecular formula is C16H20ClN7O8S. The predicted octanol–water partition coefficient (Wildman–Crippen LogP) is -0.115. The first-order chi connectivity index (χ1) is 15.1. The monoisotopic (exact) mass is 505 g/mol. The van der Waals surface area contributed by atoms with E-state index in [2.05, 4.69) is 20.1 Å². The van der Waals surface area contributed by atoms with Crippen molar-refractivity contribution in [3.8, 4) is 0 Å². The number of esters is 1. The number of halogens is 1. The van der Waals surface area contributed by atoms with Crippen molar-refractivity contribution in [2.45, 2.75) is 24.1 Å². The molecule has 0 saturated carbocycles. The lowest BCUT2D eigenvalue weighted by molar-refractivity contribution is -0.142. The SMILES string of the molecule is CON=CC(=O)N(c1nc(N)n(C)n1)C1S[C@H]2CC(=O)N2C(OC(=O)O)=C1COC(C)=O.Cl. The summed E-state index contributed by atoms with van der Waals surface area (Å²) in [6.45, 7) is 0.676. The van der Waals surface area contributed by atoms with Crippen LogP contribution in [0.4, 0.5) is 16.7 Å². The van der Waals surface area contributed by atoms with Gasteiger partial charge in [-0.15, -0.1) is 29.3 Å². The number of thioether (sulfide) groups is 1. The number of nitrogen functional groups attached to an aromatic ring is 1. The van der Waals surface area contributed by atoms with Gasteiger partial charge in [0.05, 0.1) is 17.4 Å². The lowest BCUT2D eigenvalue weighted by atomic mass is 10.1. The fourth-order valence-electron chi connectivity index (χ4n) is 2.92. The van der Waals surface area contributed by atoms with E-state index < -0.39 is 41.3 Å². The first-order valence-corrected chi connectivity index (χ1v) is 9.89. The highest BCUT2D eigenvalue weighted by molar-refractivity contribution is 8.01. The Balaban J connectivity index is 0.00000385. The molecule has 3 heterocycles. The molecule has 15 nitrogen and oxygen atoms in total. The maximum absolute atomic E-state index is 13.0. The van der Waals surface area contributed by atoms with Gasteiger partial charge in [-0.25, -0.2) is 9.48 Å². The number of carboxylic acid groups (broad SMARTS) is 1. The number of fused-ring (bicyclic) bond motifs is 1. The van der Waals surface area contributed by atoms with Gasteiger partial charge in [0.2, 0.25) is 17.7 Å². The van der Waals surface area contributed by atoms with Gasteiger partial charge in [0.25, 0.3) is 11.9 Å². The van der Waals surface area contributed by atoms with Gasteiger partial charge < -0.3 is 25.2 Å². The number of ether oxygens (including phenoxy) is 2.